The van der Waals surface area contributed by atoms with Crippen LogP contribution in [0.3, 0.4) is 0 Å². The smallest absolute Gasteiger partial charge is 0.265 e. The van der Waals surface area contributed by atoms with Crippen molar-refractivity contribution in [3.63, 3.8) is 0 Å². The summed E-state index contributed by atoms with van der Waals surface area (Å²) in [4.78, 5) is 14.0. The summed E-state index contributed by atoms with van der Waals surface area (Å²) in [5.74, 6) is -0.0664. The van der Waals surface area contributed by atoms with Crippen LogP contribution in [-0.2, 0) is 6.42 Å². The minimum Gasteiger partial charge on any atom is -0.397 e. The molecule has 0 radical (unpaired) electrons. The molecule has 0 fully saturated rings. The Bertz CT molecular complexity index is 622. The maximum Gasteiger partial charge on any atom is 0.265 e. The highest BCUT2D eigenvalue weighted by atomic mass is 35.5. The summed E-state index contributed by atoms with van der Waals surface area (Å²) in [6, 6.07) is 9.59. The van der Waals surface area contributed by atoms with Gasteiger partial charge in [0.1, 0.15) is 4.88 Å². The van der Waals surface area contributed by atoms with Crippen LogP contribution < -0.4 is 11.1 Å². The number of halogens is 1. The lowest BCUT2D eigenvalue weighted by Crippen LogP contribution is -2.21. The third kappa shape index (κ3) is 4.12. The fraction of sp³-hybridized carbons (Fsp3) is 0.267. The van der Waals surface area contributed by atoms with Crippen molar-refractivity contribution in [3.05, 3.63) is 45.8 Å². The van der Waals surface area contributed by atoms with Gasteiger partial charge in [0.05, 0.1) is 10.7 Å². The molecule has 1 aromatic heterocycles. The number of hydrogen-bond acceptors (Lipinski definition) is 4. The van der Waals surface area contributed by atoms with E-state index in [0.29, 0.717) is 10.6 Å². The summed E-state index contributed by atoms with van der Waals surface area (Å²) in [5.41, 5.74) is 7.62. The predicted octanol–water partition coefficient (Wildman–Crippen LogP) is 3.34. The molecule has 1 aromatic carbocycles. The molecule has 0 aliphatic rings. The zero-order chi connectivity index (χ0) is 15.4. The Morgan fingerprint density at radius 1 is 1.33 bits per heavy atom. The molecule has 112 valence electrons. The standard InChI is InChI=1S/C15H18ClN3OS/c1-19(2)15(20)14-12(17)9-13(21-14)18-8-7-10-3-5-11(16)6-4-10/h3-6,9,18H,7-8,17H2,1-2H3. The number of benzene rings is 1. The first-order valence-electron chi connectivity index (χ1n) is 6.56. The minimum atomic E-state index is -0.0664. The lowest BCUT2D eigenvalue weighted by atomic mass is 10.1. The van der Waals surface area contributed by atoms with Crippen LogP contribution in [0.25, 0.3) is 0 Å². The van der Waals surface area contributed by atoms with Gasteiger partial charge in [-0.1, -0.05) is 23.7 Å². The number of anilines is 2. The van der Waals surface area contributed by atoms with E-state index < -0.39 is 0 Å². The van der Waals surface area contributed by atoms with Gasteiger partial charge in [0.2, 0.25) is 0 Å². The van der Waals surface area contributed by atoms with E-state index in [1.165, 1.54) is 21.8 Å². The average molecular weight is 324 g/mol. The van der Waals surface area contributed by atoms with Gasteiger partial charge in [-0.3, -0.25) is 4.79 Å². The summed E-state index contributed by atoms with van der Waals surface area (Å²) in [7, 11) is 3.43. The molecule has 1 amide bonds. The third-order valence-electron chi connectivity index (χ3n) is 2.99. The van der Waals surface area contributed by atoms with Gasteiger partial charge < -0.3 is 16.0 Å². The van der Waals surface area contributed by atoms with Gasteiger partial charge in [0.15, 0.2) is 0 Å². The normalized spacial score (nSPS) is 10.4. The van der Waals surface area contributed by atoms with Crippen LogP contribution in [0.1, 0.15) is 15.2 Å². The third-order valence-corrected chi connectivity index (χ3v) is 4.34. The molecule has 0 saturated carbocycles. The quantitative estimate of drug-likeness (QED) is 0.887. The number of nitrogens with one attached hydrogen (secondary N) is 1. The summed E-state index contributed by atoms with van der Waals surface area (Å²) in [6.07, 6.45) is 0.881. The second-order valence-corrected chi connectivity index (χ2v) is 6.39. The van der Waals surface area contributed by atoms with Crippen molar-refractivity contribution < 1.29 is 4.79 Å². The number of thiophene rings is 1. The van der Waals surface area contributed by atoms with Crippen molar-refractivity contribution in [1.82, 2.24) is 4.90 Å². The van der Waals surface area contributed by atoms with E-state index in [2.05, 4.69) is 5.32 Å². The molecule has 0 saturated heterocycles. The summed E-state index contributed by atoms with van der Waals surface area (Å²) in [6.45, 7) is 0.775. The Kier molecular flexibility index (Phi) is 5.09. The lowest BCUT2D eigenvalue weighted by molar-refractivity contribution is 0.0833. The highest BCUT2D eigenvalue weighted by molar-refractivity contribution is 7.18. The molecule has 1 heterocycles. The molecule has 0 unspecified atom stereocenters. The zero-order valence-electron chi connectivity index (χ0n) is 12.0. The van der Waals surface area contributed by atoms with Crippen LogP contribution in [0.5, 0.6) is 0 Å². The maximum atomic E-state index is 11.9. The van der Waals surface area contributed by atoms with Crippen LogP contribution in [0.4, 0.5) is 10.7 Å². The number of nitrogens with two attached hydrogens (primary N) is 1. The molecular formula is C15H18ClN3OS. The van der Waals surface area contributed by atoms with Crippen molar-refractivity contribution in [2.45, 2.75) is 6.42 Å². The van der Waals surface area contributed by atoms with Crippen LogP contribution in [0.15, 0.2) is 30.3 Å². The highest BCUT2D eigenvalue weighted by Crippen LogP contribution is 2.29. The minimum absolute atomic E-state index is 0.0664. The fourth-order valence-electron chi connectivity index (χ4n) is 1.84. The lowest BCUT2D eigenvalue weighted by Gasteiger charge is -2.08. The Morgan fingerprint density at radius 2 is 2.00 bits per heavy atom. The maximum absolute atomic E-state index is 11.9. The Labute approximate surface area is 133 Å². The molecule has 4 nitrogen and oxygen atoms in total. The van der Waals surface area contributed by atoms with E-state index in [4.69, 9.17) is 17.3 Å². The van der Waals surface area contributed by atoms with Gasteiger partial charge in [-0.15, -0.1) is 11.3 Å². The molecule has 2 rings (SSSR count). The van der Waals surface area contributed by atoms with Gasteiger partial charge in [-0.2, -0.15) is 0 Å². The van der Waals surface area contributed by atoms with Crippen molar-refractivity contribution in [2.75, 3.05) is 31.7 Å². The van der Waals surface area contributed by atoms with Gasteiger partial charge in [0.25, 0.3) is 5.91 Å². The summed E-state index contributed by atoms with van der Waals surface area (Å²) >= 11 is 7.24. The van der Waals surface area contributed by atoms with Crippen LogP contribution in [-0.4, -0.2) is 31.4 Å². The molecule has 0 spiro atoms. The molecule has 6 heteroatoms. The van der Waals surface area contributed by atoms with Crippen molar-refractivity contribution >= 4 is 39.5 Å². The van der Waals surface area contributed by atoms with Crippen molar-refractivity contribution in [2.24, 2.45) is 0 Å². The molecule has 0 atom stereocenters. The topological polar surface area (TPSA) is 58.4 Å². The molecule has 0 aliphatic heterocycles. The van der Waals surface area contributed by atoms with Gasteiger partial charge in [-0.25, -0.2) is 0 Å². The first kappa shape index (κ1) is 15.7. The van der Waals surface area contributed by atoms with Crippen LogP contribution in [0.2, 0.25) is 5.02 Å². The fourth-order valence-corrected chi connectivity index (χ4v) is 3.00. The number of nitrogens with zero attached hydrogens (tertiary/aromatic N) is 1. The Balaban J connectivity index is 1.93. The predicted molar refractivity (Wildman–Crippen MR) is 90.4 cm³/mol. The van der Waals surface area contributed by atoms with Gasteiger partial charge in [0, 0.05) is 25.7 Å². The number of nitrogen functional groups attached to an aromatic ring is 1. The van der Waals surface area contributed by atoms with E-state index in [0.717, 1.165) is 23.0 Å². The number of rotatable bonds is 5. The number of carbonyl (C=O) groups is 1. The summed E-state index contributed by atoms with van der Waals surface area (Å²) in [5, 5.41) is 4.95. The largest absolute Gasteiger partial charge is 0.397 e. The molecular weight excluding hydrogens is 306 g/mol. The molecule has 0 aliphatic carbocycles. The Hall–Kier alpha value is -1.72. The van der Waals surface area contributed by atoms with E-state index in [1.807, 2.05) is 30.3 Å². The number of carbonyl (C=O) groups excluding carboxylic acids is 1. The van der Waals surface area contributed by atoms with E-state index in [1.54, 1.807) is 14.1 Å². The van der Waals surface area contributed by atoms with E-state index >= 15 is 0 Å². The first-order chi connectivity index (χ1) is 9.97. The average Bonchev–Trinajstić information content (AvgIpc) is 2.81. The van der Waals surface area contributed by atoms with Gasteiger partial charge >= 0.3 is 0 Å². The van der Waals surface area contributed by atoms with E-state index in [9.17, 15) is 4.79 Å². The molecule has 3 N–H and O–H groups in total. The molecule has 0 bridgehead atoms. The second-order valence-electron chi connectivity index (χ2n) is 4.90. The zero-order valence-corrected chi connectivity index (χ0v) is 13.6. The van der Waals surface area contributed by atoms with Gasteiger partial charge in [-0.05, 0) is 30.2 Å². The second kappa shape index (κ2) is 6.83. The Morgan fingerprint density at radius 3 is 2.62 bits per heavy atom. The SMILES string of the molecule is CN(C)C(=O)c1sc(NCCc2ccc(Cl)cc2)cc1N. The van der Waals surface area contributed by atoms with E-state index in [-0.39, 0.29) is 5.91 Å². The molecule has 2 aromatic rings. The van der Waals surface area contributed by atoms with Crippen molar-refractivity contribution in [1.29, 1.82) is 0 Å². The molecule has 21 heavy (non-hydrogen) atoms. The number of amides is 1. The van der Waals surface area contributed by atoms with Crippen LogP contribution in [0, 0.1) is 0 Å². The highest BCUT2D eigenvalue weighted by Gasteiger charge is 2.15. The monoisotopic (exact) mass is 323 g/mol. The summed E-state index contributed by atoms with van der Waals surface area (Å²) < 4.78 is 0. The van der Waals surface area contributed by atoms with Crippen molar-refractivity contribution in [3.8, 4) is 0 Å². The van der Waals surface area contributed by atoms with Crippen LogP contribution >= 0.6 is 22.9 Å². The first-order valence-corrected chi connectivity index (χ1v) is 7.76. The number of hydrogen-bond donors (Lipinski definition) is 2.